The molecule has 0 bridgehead atoms. The van der Waals surface area contributed by atoms with E-state index >= 15 is 0 Å². The molecule has 26 heavy (non-hydrogen) atoms. The number of carbonyl (C=O) groups excluding carboxylic acids is 1. The number of methoxy groups -OCH3 is 1. The zero-order chi connectivity index (χ0) is 19.1. The molecule has 0 heterocycles. The van der Waals surface area contributed by atoms with Crippen molar-refractivity contribution in [2.75, 3.05) is 12.4 Å². The molecule has 0 saturated heterocycles. The summed E-state index contributed by atoms with van der Waals surface area (Å²) in [5.41, 5.74) is 2.11. The van der Waals surface area contributed by atoms with E-state index in [2.05, 4.69) is 16.1 Å². The maximum atomic E-state index is 11.4. The van der Waals surface area contributed by atoms with Crippen molar-refractivity contribution in [3.63, 3.8) is 0 Å². The van der Waals surface area contributed by atoms with Crippen LogP contribution in [0.5, 0.6) is 0 Å². The maximum Gasteiger partial charge on any atom is 0.330 e. The highest BCUT2D eigenvalue weighted by molar-refractivity contribution is 5.87. The highest BCUT2D eigenvalue weighted by Crippen LogP contribution is 2.30. The van der Waals surface area contributed by atoms with Crippen LogP contribution in [0.2, 0.25) is 0 Å². The van der Waals surface area contributed by atoms with Crippen molar-refractivity contribution >= 4 is 23.4 Å². The largest absolute Gasteiger partial charge is 0.466 e. The number of nitrogens with zero attached hydrogens (tertiary/aromatic N) is 2. The number of nitro benzene ring substituents is 1. The van der Waals surface area contributed by atoms with Gasteiger partial charge in [0.1, 0.15) is 5.69 Å². The fourth-order valence-electron chi connectivity index (χ4n) is 2.35. The number of esters is 1. The van der Waals surface area contributed by atoms with Gasteiger partial charge in [-0.05, 0) is 42.3 Å². The van der Waals surface area contributed by atoms with Gasteiger partial charge in [0.05, 0.1) is 23.7 Å². The lowest BCUT2D eigenvalue weighted by atomic mass is 10.0. The Hall–Kier alpha value is -3.66. The number of benzene rings is 2. The quantitative estimate of drug-likeness (QED) is 0.367. The fraction of sp³-hybridized carbons (Fsp3) is 0.158. The van der Waals surface area contributed by atoms with E-state index in [1.807, 2.05) is 13.0 Å². The molecule has 7 nitrogen and oxygen atoms in total. The number of nitriles is 1. The monoisotopic (exact) mass is 351 g/mol. The Bertz CT molecular complexity index is 900. The second-order valence-corrected chi connectivity index (χ2v) is 5.49. The van der Waals surface area contributed by atoms with E-state index in [-0.39, 0.29) is 11.7 Å². The third-order valence-electron chi connectivity index (χ3n) is 3.72. The van der Waals surface area contributed by atoms with Crippen LogP contribution in [-0.4, -0.2) is 18.0 Å². The number of ether oxygens (including phenoxy) is 1. The van der Waals surface area contributed by atoms with Gasteiger partial charge in [-0.3, -0.25) is 10.1 Å². The number of rotatable bonds is 6. The molecule has 0 spiro atoms. The van der Waals surface area contributed by atoms with E-state index in [0.29, 0.717) is 16.8 Å². The molecule has 0 aliphatic heterocycles. The summed E-state index contributed by atoms with van der Waals surface area (Å²) in [7, 11) is 1.25. The van der Waals surface area contributed by atoms with Crippen LogP contribution in [0.4, 0.5) is 11.4 Å². The van der Waals surface area contributed by atoms with Crippen LogP contribution < -0.4 is 5.32 Å². The first-order chi connectivity index (χ1) is 12.4. The molecule has 0 aromatic heterocycles. The van der Waals surface area contributed by atoms with Crippen molar-refractivity contribution < 1.29 is 14.5 Å². The summed E-state index contributed by atoms with van der Waals surface area (Å²) in [6.45, 7) is 1.85. The van der Waals surface area contributed by atoms with Gasteiger partial charge < -0.3 is 10.1 Å². The lowest BCUT2D eigenvalue weighted by Gasteiger charge is -2.16. The van der Waals surface area contributed by atoms with Crippen molar-refractivity contribution in [1.29, 1.82) is 5.26 Å². The Kier molecular flexibility index (Phi) is 6.06. The molecule has 0 amide bonds. The van der Waals surface area contributed by atoms with Crippen molar-refractivity contribution in [1.82, 2.24) is 0 Å². The van der Waals surface area contributed by atoms with E-state index in [4.69, 9.17) is 5.26 Å². The molecule has 7 heteroatoms. The van der Waals surface area contributed by atoms with Gasteiger partial charge in [0.25, 0.3) is 5.69 Å². The topological polar surface area (TPSA) is 105 Å². The summed E-state index contributed by atoms with van der Waals surface area (Å²) in [5, 5.41) is 23.5. The smallest absolute Gasteiger partial charge is 0.330 e. The van der Waals surface area contributed by atoms with Crippen molar-refractivity contribution in [3.05, 3.63) is 75.3 Å². The lowest BCUT2D eigenvalue weighted by molar-refractivity contribution is -0.384. The van der Waals surface area contributed by atoms with Crippen LogP contribution >= 0.6 is 0 Å². The van der Waals surface area contributed by atoms with E-state index < -0.39 is 10.9 Å². The molecule has 1 N–H and O–H groups in total. The highest BCUT2D eigenvalue weighted by Gasteiger charge is 2.17. The maximum absolute atomic E-state index is 11.4. The number of hydrogen-bond donors (Lipinski definition) is 1. The molecule has 0 aliphatic rings. The Morgan fingerprint density at radius 3 is 2.77 bits per heavy atom. The van der Waals surface area contributed by atoms with Gasteiger partial charge in [-0.25, -0.2) is 4.79 Å². The van der Waals surface area contributed by atoms with Crippen LogP contribution in [0.3, 0.4) is 0 Å². The minimum absolute atomic E-state index is 0.111. The zero-order valence-corrected chi connectivity index (χ0v) is 14.3. The minimum atomic E-state index is -0.541. The van der Waals surface area contributed by atoms with E-state index in [9.17, 15) is 14.9 Å². The predicted octanol–water partition coefficient (Wildman–Crippen LogP) is 3.83. The second-order valence-electron chi connectivity index (χ2n) is 5.49. The number of nitrogens with one attached hydrogen (secondary N) is 1. The molecular formula is C19H17N3O4. The van der Waals surface area contributed by atoms with E-state index in [1.165, 1.54) is 25.3 Å². The van der Waals surface area contributed by atoms with E-state index in [0.717, 1.165) is 5.56 Å². The van der Waals surface area contributed by atoms with Gasteiger partial charge >= 0.3 is 5.97 Å². The molecule has 1 atom stereocenters. The third kappa shape index (κ3) is 4.68. The Balaban J connectivity index is 2.28. The molecule has 1 unspecified atom stereocenters. The van der Waals surface area contributed by atoms with Crippen LogP contribution in [0.15, 0.2) is 48.5 Å². The molecule has 132 valence electrons. The molecule has 2 aromatic carbocycles. The molecule has 2 rings (SSSR count). The summed E-state index contributed by atoms with van der Waals surface area (Å²) in [5.74, 6) is -0.541. The highest BCUT2D eigenvalue weighted by atomic mass is 16.6. The number of carbonyl (C=O) groups is 1. The lowest BCUT2D eigenvalue weighted by Crippen LogP contribution is -2.08. The van der Waals surface area contributed by atoms with Crippen molar-refractivity contribution in [3.8, 4) is 6.07 Å². The Morgan fingerprint density at radius 1 is 1.35 bits per heavy atom. The van der Waals surface area contributed by atoms with Gasteiger partial charge in [0.2, 0.25) is 0 Å². The van der Waals surface area contributed by atoms with Gasteiger partial charge in [0, 0.05) is 18.2 Å². The zero-order valence-electron chi connectivity index (χ0n) is 14.3. The van der Waals surface area contributed by atoms with Crippen LogP contribution in [0.25, 0.3) is 6.08 Å². The first-order valence-electron chi connectivity index (χ1n) is 7.75. The average molecular weight is 351 g/mol. The van der Waals surface area contributed by atoms with Crippen LogP contribution in [0, 0.1) is 21.4 Å². The Labute approximate surface area is 150 Å². The summed E-state index contributed by atoms with van der Waals surface area (Å²) >= 11 is 0. The summed E-state index contributed by atoms with van der Waals surface area (Å²) < 4.78 is 4.50. The normalized spacial score (nSPS) is 11.6. The van der Waals surface area contributed by atoms with Gasteiger partial charge in [-0.15, -0.1) is 0 Å². The van der Waals surface area contributed by atoms with Gasteiger partial charge in [-0.1, -0.05) is 18.2 Å². The second kappa shape index (κ2) is 8.44. The van der Waals surface area contributed by atoms with Gasteiger partial charge in [0.15, 0.2) is 0 Å². The molecule has 2 aromatic rings. The Morgan fingerprint density at radius 2 is 2.12 bits per heavy atom. The number of anilines is 1. The predicted molar refractivity (Wildman–Crippen MR) is 97.3 cm³/mol. The van der Waals surface area contributed by atoms with Crippen molar-refractivity contribution in [2.45, 2.75) is 13.0 Å². The minimum Gasteiger partial charge on any atom is -0.466 e. The fourth-order valence-corrected chi connectivity index (χ4v) is 2.35. The first-order valence-corrected chi connectivity index (χ1v) is 7.75. The summed E-state index contributed by atoms with van der Waals surface area (Å²) in [6.07, 6.45) is 2.64. The molecule has 0 fully saturated rings. The van der Waals surface area contributed by atoms with E-state index in [1.54, 1.807) is 30.3 Å². The van der Waals surface area contributed by atoms with Crippen molar-refractivity contribution in [2.24, 2.45) is 0 Å². The first kappa shape index (κ1) is 18.7. The van der Waals surface area contributed by atoms with Crippen LogP contribution in [0.1, 0.15) is 29.7 Å². The SMILES string of the molecule is COC(=O)/C=C/c1ccc(NC(C)c2cccc(C#N)c2)c([N+](=O)[O-])c1. The molecule has 0 saturated carbocycles. The number of hydrogen-bond acceptors (Lipinski definition) is 6. The molecule has 0 radical (unpaired) electrons. The summed E-state index contributed by atoms with van der Waals surface area (Å²) in [4.78, 5) is 22.1. The summed E-state index contributed by atoms with van der Waals surface area (Å²) in [6, 6.07) is 13.5. The van der Waals surface area contributed by atoms with Gasteiger partial charge in [-0.2, -0.15) is 5.26 Å². The number of nitro groups is 1. The standard InChI is InChI=1S/C19H17N3O4/c1-13(16-5-3-4-15(10-16)12-20)21-17-8-6-14(7-9-19(23)26-2)11-18(17)22(24)25/h3-11,13,21H,1-2H3/b9-7+. The average Bonchev–Trinajstić information content (AvgIpc) is 2.66. The third-order valence-corrected chi connectivity index (χ3v) is 3.72. The molecule has 0 aliphatic carbocycles. The van der Waals surface area contributed by atoms with Crippen LogP contribution in [-0.2, 0) is 9.53 Å². The molecular weight excluding hydrogens is 334 g/mol.